The highest BCUT2D eigenvalue weighted by molar-refractivity contribution is 5.37. The molecule has 0 spiro atoms. The van der Waals surface area contributed by atoms with Gasteiger partial charge in [-0.25, -0.2) is 0 Å². The van der Waals surface area contributed by atoms with Crippen molar-refractivity contribution in [3.8, 4) is 0 Å². The summed E-state index contributed by atoms with van der Waals surface area (Å²) in [5.74, 6) is -0.796. The molecule has 18 heavy (non-hydrogen) atoms. The summed E-state index contributed by atoms with van der Waals surface area (Å²) >= 11 is 0. The molecule has 1 aromatic heterocycles. The van der Waals surface area contributed by atoms with Gasteiger partial charge in [0, 0.05) is 17.3 Å². The maximum Gasteiger partial charge on any atom is 0.305 e. The largest absolute Gasteiger partial charge is 0.305 e. The van der Waals surface area contributed by atoms with E-state index in [2.05, 4.69) is 5.10 Å². The molecule has 0 N–H and O–H groups in total. The smallest absolute Gasteiger partial charge is 0.265 e. The molecule has 0 amide bonds. The number of benzene rings is 1. The van der Waals surface area contributed by atoms with Crippen LogP contribution in [0.2, 0.25) is 0 Å². The van der Waals surface area contributed by atoms with Gasteiger partial charge in [0.15, 0.2) is 0 Å². The van der Waals surface area contributed by atoms with Crippen molar-refractivity contribution >= 4 is 5.69 Å². The van der Waals surface area contributed by atoms with Crippen molar-refractivity contribution in [1.82, 2.24) is 9.78 Å². The Labute approximate surface area is 103 Å². The number of aryl methyl sites for hydroxylation is 2. The van der Waals surface area contributed by atoms with Gasteiger partial charge in [0.2, 0.25) is 5.82 Å². The minimum absolute atomic E-state index is 0.188. The van der Waals surface area contributed by atoms with E-state index in [1.165, 1.54) is 12.1 Å². The molecule has 6 heteroatoms. The van der Waals surface area contributed by atoms with Crippen LogP contribution < -0.4 is 0 Å². The van der Waals surface area contributed by atoms with Gasteiger partial charge in [-0.1, -0.05) is 12.1 Å². The quantitative estimate of drug-likeness (QED) is 0.620. The molecule has 0 saturated heterocycles. The minimum Gasteiger partial charge on any atom is -0.265 e. The topological polar surface area (TPSA) is 61.0 Å². The van der Waals surface area contributed by atoms with Gasteiger partial charge in [0.25, 0.3) is 0 Å². The lowest BCUT2D eigenvalue weighted by molar-refractivity contribution is -0.387. The van der Waals surface area contributed by atoms with Gasteiger partial charge in [0.05, 0.1) is 17.2 Å². The predicted molar refractivity (Wildman–Crippen MR) is 63.9 cm³/mol. The van der Waals surface area contributed by atoms with Crippen LogP contribution in [-0.2, 0) is 6.54 Å². The third-order valence-corrected chi connectivity index (χ3v) is 2.68. The summed E-state index contributed by atoms with van der Waals surface area (Å²) in [7, 11) is 0. The molecule has 0 aliphatic carbocycles. The fourth-order valence-corrected chi connectivity index (χ4v) is 1.83. The Morgan fingerprint density at radius 1 is 1.44 bits per heavy atom. The zero-order valence-corrected chi connectivity index (χ0v) is 10.1. The first-order valence-electron chi connectivity index (χ1n) is 5.42. The lowest BCUT2D eigenvalue weighted by Crippen LogP contribution is -2.07. The van der Waals surface area contributed by atoms with Crippen molar-refractivity contribution in [2.45, 2.75) is 20.4 Å². The summed E-state index contributed by atoms with van der Waals surface area (Å²) in [6, 6.07) is 6.02. The Balaban J connectivity index is 2.38. The Hall–Kier alpha value is -2.24. The van der Waals surface area contributed by atoms with Crippen LogP contribution in [0.5, 0.6) is 0 Å². The molecule has 0 saturated carbocycles. The molecule has 1 aromatic carbocycles. The van der Waals surface area contributed by atoms with Crippen LogP contribution >= 0.6 is 0 Å². The second-order valence-electron chi connectivity index (χ2n) is 4.09. The molecule has 0 aliphatic rings. The summed E-state index contributed by atoms with van der Waals surface area (Å²) in [5.41, 5.74) is 1.47. The Kier molecular flexibility index (Phi) is 3.10. The van der Waals surface area contributed by atoms with Gasteiger partial charge in [-0.15, -0.1) is 0 Å². The van der Waals surface area contributed by atoms with Crippen molar-refractivity contribution in [3.63, 3.8) is 0 Å². The summed E-state index contributed by atoms with van der Waals surface area (Å²) in [6.45, 7) is 3.88. The van der Waals surface area contributed by atoms with Crippen LogP contribution in [0.1, 0.15) is 17.0 Å². The van der Waals surface area contributed by atoms with Gasteiger partial charge in [-0.05, 0) is 19.9 Å². The Bertz CT molecular complexity index is 607. The third-order valence-electron chi connectivity index (χ3n) is 2.68. The molecule has 0 unspecified atom stereocenters. The van der Waals surface area contributed by atoms with Crippen molar-refractivity contribution in [2.24, 2.45) is 0 Å². The van der Waals surface area contributed by atoms with Crippen LogP contribution in [0.25, 0.3) is 0 Å². The summed E-state index contributed by atoms with van der Waals surface area (Å²) in [6.07, 6.45) is 0. The molecule has 0 atom stereocenters. The fourth-order valence-electron chi connectivity index (χ4n) is 1.83. The third kappa shape index (κ3) is 2.22. The number of nitro benzene ring substituents is 1. The van der Waals surface area contributed by atoms with E-state index in [4.69, 9.17) is 0 Å². The number of hydrogen-bond acceptors (Lipinski definition) is 3. The second-order valence-corrected chi connectivity index (χ2v) is 4.09. The molecule has 0 fully saturated rings. The Morgan fingerprint density at radius 3 is 2.72 bits per heavy atom. The van der Waals surface area contributed by atoms with Crippen molar-refractivity contribution in [3.05, 3.63) is 57.1 Å². The summed E-state index contributed by atoms with van der Waals surface area (Å²) in [5, 5.41) is 14.8. The highest BCUT2D eigenvalue weighted by Gasteiger charge is 2.17. The lowest BCUT2D eigenvalue weighted by atomic mass is 10.2. The molecule has 5 nitrogen and oxygen atoms in total. The maximum atomic E-state index is 13.9. The van der Waals surface area contributed by atoms with Crippen molar-refractivity contribution in [2.75, 3.05) is 0 Å². The lowest BCUT2D eigenvalue weighted by Gasteiger charge is -2.06. The zero-order chi connectivity index (χ0) is 13.3. The number of rotatable bonds is 3. The first kappa shape index (κ1) is 12.2. The molecule has 2 aromatic rings. The van der Waals surface area contributed by atoms with Crippen LogP contribution in [0.4, 0.5) is 10.1 Å². The van der Waals surface area contributed by atoms with Crippen molar-refractivity contribution in [1.29, 1.82) is 0 Å². The summed E-state index contributed by atoms with van der Waals surface area (Å²) < 4.78 is 15.5. The van der Waals surface area contributed by atoms with E-state index in [0.717, 1.165) is 17.5 Å². The molecule has 94 valence electrons. The van der Waals surface area contributed by atoms with E-state index in [1.54, 1.807) is 4.68 Å². The van der Waals surface area contributed by atoms with E-state index in [1.807, 2.05) is 19.9 Å². The molecule has 0 aliphatic heterocycles. The van der Waals surface area contributed by atoms with Gasteiger partial charge >= 0.3 is 5.69 Å². The fraction of sp³-hybridized carbons (Fsp3) is 0.250. The molecule has 0 radical (unpaired) electrons. The van der Waals surface area contributed by atoms with Crippen LogP contribution in [0, 0.1) is 29.8 Å². The van der Waals surface area contributed by atoms with Crippen LogP contribution in [0.15, 0.2) is 24.3 Å². The van der Waals surface area contributed by atoms with Gasteiger partial charge in [-0.3, -0.25) is 14.8 Å². The minimum atomic E-state index is -0.796. The SMILES string of the molecule is Cc1cc(C)n(Cc2cccc([N+](=O)[O-])c2F)n1. The zero-order valence-electron chi connectivity index (χ0n) is 10.1. The number of halogens is 1. The number of aromatic nitrogens is 2. The highest BCUT2D eigenvalue weighted by atomic mass is 19.1. The molecule has 1 heterocycles. The van der Waals surface area contributed by atoms with E-state index in [0.29, 0.717) is 0 Å². The molecule has 2 rings (SSSR count). The van der Waals surface area contributed by atoms with E-state index in [9.17, 15) is 14.5 Å². The number of nitro groups is 1. The monoisotopic (exact) mass is 249 g/mol. The first-order valence-corrected chi connectivity index (χ1v) is 5.42. The number of nitrogens with zero attached hydrogens (tertiary/aromatic N) is 3. The van der Waals surface area contributed by atoms with Crippen molar-refractivity contribution < 1.29 is 9.31 Å². The number of hydrogen-bond donors (Lipinski definition) is 0. The van der Waals surface area contributed by atoms with Gasteiger partial charge in [-0.2, -0.15) is 9.49 Å². The van der Waals surface area contributed by atoms with Gasteiger partial charge < -0.3 is 0 Å². The first-order chi connectivity index (χ1) is 8.49. The van der Waals surface area contributed by atoms with Crippen LogP contribution in [-0.4, -0.2) is 14.7 Å². The average Bonchev–Trinajstić information content (AvgIpc) is 2.60. The van der Waals surface area contributed by atoms with Crippen LogP contribution in [0.3, 0.4) is 0 Å². The van der Waals surface area contributed by atoms with E-state index in [-0.39, 0.29) is 12.1 Å². The molecular formula is C12H12FN3O2. The Morgan fingerprint density at radius 2 is 2.17 bits per heavy atom. The van der Waals surface area contributed by atoms with E-state index < -0.39 is 16.4 Å². The maximum absolute atomic E-state index is 13.9. The molecular weight excluding hydrogens is 237 g/mol. The highest BCUT2D eigenvalue weighted by Crippen LogP contribution is 2.21. The summed E-state index contributed by atoms with van der Waals surface area (Å²) in [4.78, 5) is 9.92. The average molecular weight is 249 g/mol. The standard InChI is InChI=1S/C12H12FN3O2/c1-8-6-9(2)15(14-8)7-10-4-3-5-11(12(10)13)16(17)18/h3-6H,7H2,1-2H3. The second kappa shape index (κ2) is 4.56. The predicted octanol–water partition coefficient (Wildman–Crippen LogP) is 2.60. The van der Waals surface area contributed by atoms with Gasteiger partial charge in [0.1, 0.15) is 0 Å². The molecule has 0 bridgehead atoms. The normalized spacial score (nSPS) is 10.6. The van der Waals surface area contributed by atoms with E-state index >= 15 is 0 Å².